The molecule has 0 spiro atoms. The van der Waals surface area contributed by atoms with Crippen molar-refractivity contribution in [1.29, 1.82) is 0 Å². The van der Waals surface area contributed by atoms with Crippen LogP contribution in [0.2, 0.25) is 5.02 Å². The van der Waals surface area contributed by atoms with Crippen molar-refractivity contribution < 1.29 is 4.42 Å². The lowest BCUT2D eigenvalue weighted by atomic mass is 10.1. The molecule has 2 N–H and O–H groups in total. The Morgan fingerprint density at radius 3 is 2.86 bits per heavy atom. The molecule has 21 heavy (non-hydrogen) atoms. The van der Waals surface area contributed by atoms with Gasteiger partial charge < -0.3 is 14.7 Å². The molecule has 3 heterocycles. The van der Waals surface area contributed by atoms with Crippen molar-refractivity contribution in [2.75, 3.05) is 13.1 Å². The first kappa shape index (κ1) is 12.5. The second kappa shape index (κ2) is 4.67. The number of H-pyrrole nitrogens is 1. The van der Waals surface area contributed by atoms with E-state index in [2.05, 4.69) is 15.3 Å². The fourth-order valence-corrected chi connectivity index (χ4v) is 2.90. The van der Waals surface area contributed by atoms with Crippen LogP contribution in [0.15, 0.2) is 39.7 Å². The number of aromatic nitrogens is 1. The number of rotatable bonds is 2. The second-order valence-electron chi connectivity index (χ2n) is 5.13. The molecule has 0 aliphatic carbocycles. The van der Waals surface area contributed by atoms with Gasteiger partial charge in [0.1, 0.15) is 11.6 Å². The number of nitrogens with zero attached hydrogens (tertiary/aromatic N) is 1. The zero-order valence-electron chi connectivity index (χ0n) is 11.5. The molecule has 0 unspecified atom stereocenters. The highest BCUT2D eigenvalue weighted by Gasteiger charge is 2.21. The summed E-state index contributed by atoms with van der Waals surface area (Å²) in [5, 5.41) is 5.10. The smallest absolute Gasteiger partial charge is 0.151 e. The molecule has 1 aliphatic rings. The monoisotopic (exact) mass is 299 g/mol. The van der Waals surface area contributed by atoms with E-state index in [1.165, 1.54) is 0 Å². The SMILES string of the molecule is Cc1ccc(-c2[nH]c3ccc(Cl)cc3c2C2=NCCN2)o1. The Morgan fingerprint density at radius 1 is 1.24 bits per heavy atom. The number of aromatic amines is 1. The molecule has 4 nitrogen and oxygen atoms in total. The predicted molar refractivity (Wildman–Crippen MR) is 85.2 cm³/mol. The van der Waals surface area contributed by atoms with Gasteiger partial charge in [0.05, 0.1) is 17.8 Å². The Kier molecular flexibility index (Phi) is 2.79. The number of aliphatic imine (C=N–C) groups is 1. The molecule has 0 saturated carbocycles. The van der Waals surface area contributed by atoms with Gasteiger partial charge in [-0.25, -0.2) is 0 Å². The number of amidine groups is 1. The molecule has 4 rings (SSSR count). The Hall–Kier alpha value is -2.20. The molecular formula is C16H14ClN3O. The first-order chi connectivity index (χ1) is 10.2. The molecular weight excluding hydrogens is 286 g/mol. The molecule has 0 atom stereocenters. The number of nitrogens with one attached hydrogen (secondary N) is 2. The molecule has 1 aromatic carbocycles. The van der Waals surface area contributed by atoms with Crippen LogP contribution in [-0.2, 0) is 0 Å². The number of benzene rings is 1. The molecule has 3 aromatic rings. The first-order valence-corrected chi connectivity index (χ1v) is 7.27. The van der Waals surface area contributed by atoms with E-state index >= 15 is 0 Å². The average molecular weight is 300 g/mol. The fourth-order valence-electron chi connectivity index (χ4n) is 2.73. The van der Waals surface area contributed by atoms with Gasteiger partial charge >= 0.3 is 0 Å². The van der Waals surface area contributed by atoms with Crippen molar-refractivity contribution in [3.8, 4) is 11.5 Å². The molecule has 0 bridgehead atoms. The lowest BCUT2D eigenvalue weighted by Gasteiger charge is -2.04. The number of aryl methyl sites for hydroxylation is 1. The molecule has 106 valence electrons. The summed E-state index contributed by atoms with van der Waals surface area (Å²) < 4.78 is 5.78. The predicted octanol–water partition coefficient (Wildman–Crippen LogP) is 3.74. The molecule has 0 radical (unpaired) electrons. The van der Waals surface area contributed by atoms with E-state index in [0.717, 1.165) is 52.6 Å². The summed E-state index contributed by atoms with van der Waals surface area (Å²) in [5.74, 6) is 2.59. The first-order valence-electron chi connectivity index (χ1n) is 6.89. The Bertz CT molecular complexity index is 860. The summed E-state index contributed by atoms with van der Waals surface area (Å²) in [4.78, 5) is 7.98. The van der Waals surface area contributed by atoms with E-state index < -0.39 is 0 Å². The van der Waals surface area contributed by atoms with Crippen molar-refractivity contribution in [1.82, 2.24) is 10.3 Å². The van der Waals surface area contributed by atoms with E-state index in [0.29, 0.717) is 5.02 Å². The molecule has 1 aliphatic heterocycles. The van der Waals surface area contributed by atoms with Crippen molar-refractivity contribution in [3.05, 3.63) is 46.7 Å². The Balaban J connectivity index is 2.03. The van der Waals surface area contributed by atoms with Crippen molar-refractivity contribution >= 4 is 28.3 Å². The van der Waals surface area contributed by atoms with Crippen molar-refractivity contribution in [2.45, 2.75) is 6.92 Å². The van der Waals surface area contributed by atoms with Crippen LogP contribution in [0.3, 0.4) is 0 Å². The van der Waals surface area contributed by atoms with Crippen LogP contribution in [-0.4, -0.2) is 23.9 Å². The number of fused-ring (bicyclic) bond motifs is 1. The third-order valence-corrected chi connectivity index (χ3v) is 3.89. The van der Waals surface area contributed by atoms with E-state index in [4.69, 9.17) is 16.0 Å². The van der Waals surface area contributed by atoms with Gasteiger partial charge in [-0.2, -0.15) is 0 Å². The molecule has 2 aromatic heterocycles. The van der Waals surface area contributed by atoms with Gasteiger partial charge in [0, 0.05) is 22.5 Å². The summed E-state index contributed by atoms with van der Waals surface area (Å²) >= 11 is 6.16. The van der Waals surface area contributed by atoms with Crippen LogP contribution in [0.1, 0.15) is 11.3 Å². The number of hydrogen-bond donors (Lipinski definition) is 2. The third kappa shape index (κ3) is 2.03. The second-order valence-corrected chi connectivity index (χ2v) is 5.57. The van der Waals surface area contributed by atoms with Gasteiger partial charge in [-0.05, 0) is 37.3 Å². The maximum atomic E-state index is 6.16. The summed E-state index contributed by atoms with van der Waals surface area (Å²) in [6, 6.07) is 9.76. The largest absolute Gasteiger partial charge is 0.460 e. The van der Waals surface area contributed by atoms with Crippen LogP contribution in [0.4, 0.5) is 0 Å². The van der Waals surface area contributed by atoms with Gasteiger partial charge in [0.15, 0.2) is 5.76 Å². The molecule has 0 saturated heterocycles. The third-order valence-electron chi connectivity index (χ3n) is 3.66. The lowest BCUT2D eigenvalue weighted by Crippen LogP contribution is -2.19. The van der Waals surface area contributed by atoms with Gasteiger partial charge in [-0.15, -0.1) is 0 Å². The Morgan fingerprint density at radius 2 is 2.14 bits per heavy atom. The molecule has 0 amide bonds. The summed E-state index contributed by atoms with van der Waals surface area (Å²) in [5.41, 5.74) is 2.99. The minimum absolute atomic E-state index is 0.712. The standard InChI is InChI=1S/C16H14ClN3O/c1-9-2-5-13(21-9)15-14(16-18-6-7-19-16)11-8-10(17)3-4-12(11)20-15/h2-5,8,20H,6-7H2,1H3,(H,18,19). The van der Waals surface area contributed by atoms with Gasteiger partial charge in [0.2, 0.25) is 0 Å². The average Bonchev–Trinajstić information content (AvgIpc) is 3.15. The summed E-state index contributed by atoms with van der Waals surface area (Å²) in [7, 11) is 0. The topological polar surface area (TPSA) is 53.3 Å². The van der Waals surface area contributed by atoms with E-state index in [1.54, 1.807) is 0 Å². The molecule has 5 heteroatoms. The zero-order chi connectivity index (χ0) is 14.4. The maximum Gasteiger partial charge on any atom is 0.151 e. The number of hydrogen-bond acceptors (Lipinski definition) is 3. The quantitative estimate of drug-likeness (QED) is 0.757. The zero-order valence-corrected chi connectivity index (χ0v) is 12.3. The summed E-state index contributed by atoms with van der Waals surface area (Å²) in [6.07, 6.45) is 0. The lowest BCUT2D eigenvalue weighted by molar-refractivity contribution is 0.547. The van der Waals surface area contributed by atoms with Crippen LogP contribution < -0.4 is 5.32 Å². The van der Waals surface area contributed by atoms with Gasteiger partial charge in [-0.3, -0.25) is 4.99 Å². The van der Waals surface area contributed by atoms with Crippen LogP contribution >= 0.6 is 11.6 Å². The molecule has 0 fully saturated rings. The number of furan rings is 1. The fraction of sp³-hybridized carbons (Fsp3) is 0.188. The van der Waals surface area contributed by atoms with Crippen molar-refractivity contribution in [2.24, 2.45) is 4.99 Å². The highest BCUT2D eigenvalue weighted by molar-refractivity contribution is 6.31. The highest BCUT2D eigenvalue weighted by atomic mass is 35.5. The van der Waals surface area contributed by atoms with Crippen LogP contribution in [0, 0.1) is 6.92 Å². The van der Waals surface area contributed by atoms with Gasteiger partial charge in [-0.1, -0.05) is 11.6 Å². The minimum Gasteiger partial charge on any atom is -0.460 e. The van der Waals surface area contributed by atoms with E-state index in [1.807, 2.05) is 37.3 Å². The highest BCUT2D eigenvalue weighted by Crippen LogP contribution is 2.33. The van der Waals surface area contributed by atoms with Crippen LogP contribution in [0.5, 0.6) is 0 Å². The Labute approximate surface area is 126 Å². The van der Waals surface area contributed by atoms with E-state index in [-0.39, 0.29) is 0 Å². The van der Waals surface area contributed by atoms with E-state index in [9.17, 15) is 0 Å². The van der Waals surface area contributed by atoms with Crippen molar-refractivity contribution in [3.63, 3.8) is 0 Å². The normalized spacial score (nSPS) is 14.5. The maximum absolute atomic E-state index is 6.16. The van der Waals surface area contributed by atoms with Crippen LogP contribution in [0.25, 0.3) is 22.4 Å². The minimum atomic E-state index is 0.712. The summed E-state index contributed by atoms with van der Waals surface area (Å²) in [6.45, 7) is 3.59. The van der Waals surface area contributed by atoms with Gasteiger partial charge in [0.25, 0.3) is 0 Å². The number of halogens is 1.